The molecule has 0 radical (unpaired) electrons. The summed E-state index contributed by atoms with van der Waals surface area (Å²) in [5.74, 6) is 5.73. The molecule has 0 aromatic heterocycles. The fraction of sp³-hybridized carbons (Fsp3) is 0.300. The molecule has 0 saturated carbocycles. The minimum atomic E-state index is -0.169. The van der Waals surface area contributed by atoms with E-state index in [4.69, 9.17) is 22.2 Å². The van der Waals surface area contributed by atoms with Gasteiger partial charge in [-0.25, -0.2) is 5.84 Å². The molecule has 1 aromatic carbocycles. The standard InChI is InChI=1S/C10H13ClN2O2/c1-13(12)10(14)5-6-15-9-4-2-3-8(11)7-9/h2-4,7H,5-6,12H2,1H3. The fourth-order valence-electron chi connectivity index (χ4n) is 0.989. The van der Waals surface area contributed by atoms with Crippen molar-refractivity contribution in [2.45, 2.75) is 6.42 Å². The molecule has 0 heterocycles. The minimum absolute atomic E-state index is 0.169. The van der Waals surface area contributed by atoms with Crippen LogP contribution in [-0.2, 0) is 4.79 Å². The van der Waals surface area contributed by atoms with E-state index in [0.29, 0.717) is 17.4 Å². The van der Waals surface area contributed by atoms with Gasteiger partial charge in [0.15, 0.2) is 0 Å². The van der Waals surface area contributed by atoms with Crippen LogP contribution in [0.2, 0.25) is 5.02 Å². The van der Waals surface area contributed by atoms with Crippen LogP contribution in [0.4, 0.5) is 0 Å². The van der Waals surface area contributed by atoms with Gasteiger partial charge in [0.25, 0.3) is 0 Å². The second kappa shape index (κ2) is 5.58. The number of amides is 1. The van der Waals surface area contributed by atoms with Crippen molar-refractivity contribution in [3.05, 3.63) is 29.3 Å². The molecular weight excluding hydrogens is 216 g/mol. The molecule has 5 heteroatoms. The molecule has 1 rings (SSSR count). The number of ether oxygens (including phenoxy) is 1. The number of hydrazine groups is 1. The average Bonchev–Trinajstić information content (AvgIpc) is 2.17. The summed E-state index contributed by atoms with van der Waals surface area (Å²) in [6, 6.07) is 7.02. The first kappa shape index (κ1) is 11.8. The van der Waals surface area contributed by atoms with E-state index in [-0.39, 0.29) is 12.3 Å². The summed E-state index contributed by atoms with van der Waals surface area (Å²) in [6.07, 6.45) is 0.250. The highest BCUT2D eigenvalue weighted by Gasteiger charge is 2.04. The Bertz CT molecular complexity index is 342. The molecule has 0 saturated heterocycles. The lowest BCUT2D eigenvalue weighted by molar-refractivity contribution is -0.130. The van der Waals surface area contributed by atoms with Gasteiger partial charge in [-0.05, 0) is 18.2 Å². The van der Waals surface area contributed by atoms with Crippen molar-refractivity contribution in [3.8, 4) is 5.75 Å². The first-order valence-corrected chi connectivity index (χ1v) is 4.87. The van der Waals surface area contributed by atoms with Crippen LogP contribution in [0.25, 0.3) is 0 Å². The van der Waals surface area contributed by atoms with E-state index in [1.165, 1.54) is 7.05 Å². The Hall–Kier alpha value is -1.26. The summed E-state index contributed by atoms with van der Waals surface area (Å²) >= 11 is 5.76. The lowest BCUT2D eigenvalue weighted by Crippen LogP contribution is -2.33. The summed E-state index contributed by atoms with van der Waals surface area (Å²) in [5.41, 5.74) is 0. The molecule has 0 bridgehead atoms. The molecule has 0 spiro atoms. The van der Waals surface area contributed by atoms with Gasteiger partial charge in [-0.3, -0.25) is 9.80 Å². The topological polar surface area (TPSA) is 55.6 Å². The average molecular weight is 229 g/mol. The van der Waals surface area contributed by atoms with Crippen LogP contribution < -0.4 is 10.6 Å². The molecule has 15 heavy (non-hydrogen) atoms. The maximum absolute atomic E-state index is 11.1. The van der Waals surface area contributed by atoms with Crippen molar-refractivity contribution < 1.29 is 9.53 Å². The quantitative estimate of drug-likeness (QED) is 0.482. The highest BCUT2D eigenvalue weighted by Crippen LogP contribution is 2.17. The molecule has 1 amide bonds. The molecule has 2 N–H and O–H groups in total. The second-order valence-corrected chi connectivity index (χ2v) is 3.50. The van der Waals surface area contributed by atoms with Gasteiger partial charge < -0.3 is 4.74 Å². The van der Waals surface area contributed by atoms with Crippen molar-refractivity contribution in [3.63, 3.8) is 0 Å². The molecule has 0 unspecified atom stereocenters. The maximum Gasteiger partial charge on any atom is 0.239 e. The summed E-state index contributed by atoms with van der Waals surface area (Å²) in [6.45, 7) is 0.292. The van der Waals surface area contributed by atoms with Crippen molar-refractivity contribution in [1.29, 1.82) is 0 Å². The predicted molar refractivity (Wildman–Crippen MR) is 58.5 cm³/mol. The first-order chi connectivity index (χ1) is 7.09. The number of hydrogen-bond donors (Lipinski definition) is 1. The Balaban J connectivity index is 2.35. The number of hydrogen-bond acceptors (Lipinski definition) is 3. The molecule has 4 nitrogen and oxygen atoms in total. The van der Waals surface area contributed by atoms with Gasteiger partial charge in [0.05, 0.1) is 13.0 Å². The van der Waals surface area contributed by atoms with Crippen LogP contribution in [0.5, 0.6) is 5.75 Å². The van der Waals surface area contributed by atoms with Crippen LogP contribution in [0.3, 0.4) is 0 Å². The molecular formula is C10H13ClN2O2. The van der Waals surface area contributed by atoms with E-state index >= 15 is 0 Å². The SMILES string of the molecule is CN(N)C(=O)CCOc1cccc(Cl)c1. The Morgan fingerprint density at radius 3 is 2.93 bits per heavy atom. The third-order valence-corrected chi connectivity index (χ3v) is 2.01. The Labute approximate surface area is 93.5 Å². The number of carbonyl (C=O) groups excluding carboxylic acids is 1. The zero-order valence-corrected chi connectivity index (χ0v) is 9.20. The van der Waals surface area contributed by atoms with Crippen LogP contribution in [0.1, 0.15) is 6.42 Å². The van der Waals surface area contributed by atoms with Crippen LogP contribution in [0, 0.1) is 0 Å². The van der Waals surface area contributed by atoms with E-state index in [2.05, 4.69) is 0 Å². The van der Waals surface area contributed by atoms with Crippen molar-refractivity contribution in [1.82, 2.24) is 5.01 Å². The highest BCUT2D eigenvalue weighted by molar-refractivity contribution is 6.30. The van der Waals surface area contributed by atoms with E-state index in [0.717, 1.165) is 5.01 Å². The number of benzene rings is 1. The molecule has 1 aromatic rings. The second-order valence-electron chi connectivity index (χ2n) is 3.06. The van der Waals surface area contributed by atoms with E-state index < -0.39 is 0 Å². The van der Waals surface area contributed by atoms with Gasteiger partial charge in [0.1, 0.15) is 5.75 Å². The summed E-state index contributed by atoms with van der Waals surface area (Å²) < 4.78 is 5.32. The third kappa shape index (κ3) is 4.18. The largest absolute Gasteiger partial charge is 0.493 e. The monoisotopic (exact) mass is 228 g/mol. The maximum atomic E-state index is 11.1. The Morgan fingerprint density at radius 1 is 1.60 bits per heavy atom. The van der Waals surface area contributed by atoms with Gasteiger partial charge in [-0.2, -0.15) is 0 Å². The first-order valence-electron chi connectivity index (χ1n) is 4.49. The van der Waals surface area contributed by atoms with Gasteiger partial charge in [-0.15, -0.1) is 0 Å². The van der Waals surface area contributed by atoms with Gasteiger partial charge in [-0.1, -0.05) is 17.7 Å². The fourth-order valence-corrected chi connectivity index (χ4v) is 1.17. The van der Waals surface area contributed by atoms with E-state index in [1.54, 1.807) is 24.3 Å². The van der Waals surface area contributed by atoms with Crippen LogP contribution >= 0.6 is 11.6 Å². The minimum Gasteiger partial charge on any atom is -0.493 e. The molecule has 0 aliphatic rings. The number of nitrogens with zero attached hydrogens (tertiary/aromatic N) is 1. The zero-order valence-electron chi connectivity index (χ0n) is 8.44. The van der Waals surface area contributed by atoms with Crippen LogP contribution in [-0.4, -0.2) is 24.6 Å². The van der Waals surface area contributed by atoms with Crippen molar-refractivity contribution in [2.24, 2.45) is 5.84 Å². The van der Waals surface area contributed by atoms with Gasteiger partial charge in [0, 0.05) is 12.1 Å². The Morgan fingerprint density at radius 2 is 2.33 bits per heavy atom. The summed E-state index contributed by atoms with van der Waals surface area (Å²) in [4.78, 5) is 11.1. The van der Waals surface area contributed by atoms with Crippen molar-refractivity contribution >= 4 is 17.5 Å². The van der Waals surface area contributed by atoms with Gasteiger partial charge >= 0.3 is 0 Å². The summed E-state index contributed by atoms with van der Waals surface area (Å²) in [5, 5.41) is 1.65. The molecule has 0 atom stereocenters. The van der Waals surface area contributed by atoms with Crippen LogP contribution in [0.15, 0.2) is 24.3 Å². The summed E-state index contributed by atoms with van der Waals surface area (Å²) in [7, 11) is 1.50. The predicted octanol–water partition coefficient (Wildman–Crippen LogP) is 1.44. The molecule has 0 aliphatic heterocycles. The van der Waals surface area contributed by atoms with E-state index in [1.807, 2.05) is 0 Å². The lowest BCUT2D eigenvalue weighted by Gasteiger charge is -2.10. The zero-order chi connectivity index (χ0) is 11.3. The molecule has 0 aliphatic carbocycles. The smallest absolute Gasteiger partial charge is 0.239 e. The van der Waals surface area contributed by atoms with Crippen molar-refractivity contribution in [2.75, 3.05) is 13.7 Å². The molecule has 0 fully saturated rings. The Kier molecular flexibility index (Phi) is 4.39. The number of carbonyl (C=O) groups is 1. The van der Waals surface area contributed by atoms with Gasteiger partial charge in [0.2, 0.25) is 5.91 Å². The van der Waals surface area contributed by atoms with E-state index in [9.17, 15) is 4.79 Å². The number of rotatable bonds is 4. The number of halogens is 1. The third-order valence-electron chi connectivity index (χ3n) is 1.77. The lowest BCUT2D eigenvalue weighted by atomic mass is 10.3. The number of nitrogens with two attached hydrogens (primary N) is 1. The highest BCUT2D eigenvalue weighted by atomic mass is 35.5. The molecule has 82 valence electrons. The normalized spacial score (nSPS) is 9.80.